The van der Waals surface area contributed by atoms with Gasteiger partial charge in [-0.05, 0) is 23.6 Å². The lowest BCUT2D eigenvalue weighted by molar-refractivity contribution is 0.570. The second-order valence-corrected chi connectivity index (χ2v) is 3.99. The topological polar surface area (TPSA) is 94.3 Å². The molecule has 1 aromatic heterocycles. The van der Waals surface area contributed by atoms with Crippen molar-refractivity contribution >= 4 is 33.1 Å². The van der Waals surface area contributed by atoms with Crippen LogP contribution in [-0.4, -0.2) is 0 Å². The van der Waals surface area contributed by atoms with Crippen LogP contribution in [0.25, 0.3) is 21.7 Å². The van der Waals surface area contributed by atoms with Gasteiger partial charge in [0.05, 0.1) is 11.1 Å². The van der Waals surface area contributed by atoms with Crippen LogP contribution < -0.4 is 22.6 Å². The van der Waals surface area contributed by atoms with E-state index >= 15 is 0 Å². The molecular weight excluding hydrogens is 230 g/mol. The molecule has 0 fully saturated rings. The van der Waals surface area contributed by atoms with Gasteiger partial charge in [-0.25, -0.2) is 4.79 Å². The summed E-state index contributed by atoms with van der Waals surface area (Å²) in [6, 6.07) is 10.8. The summed E-state index contributed by atoms with van der Waals surface area (Å²) in [6.45, 7) is 0. The highest BCUT2D eigenvalue weighted by atomic mass is 16.4. The second-order valence-electron chi connectivity index (χ2n) is 3.99. The maximum absolute atomic E-state index is 11.9. The fraction of sp³-hybridized carbons (Fsp3) is 0. The number of rotatable bonds is 1. The minimum atomic E-state index is -0.403. The number of benzene rings is 2. The third-order valence-electron chi connectivity index (χ3n) is 2.97. The molecule has 0 radical (unpaired) electrons. The van der Waals surface area contributed by atoms with Crippen LogP contribution in [0.3, 0.4) is 0 Å². The quantitative estimate of drug-likeness (QED) is 0.198. The Bertz CT molecular complexity index is 808. The second kappa shape index (κ2) is 3.75. The Labute approximate surface area is 102 Å². The molecule has 2 aromatic carbocycles. The van der Waals surface area contributed by atoms with Gasteiger partial charge in [-0.15, -0.1) is 0 Å². The van der Waals surface area contributed by atoms with Crippen molar-refractivity contribution in [3.8, 4) is 0 Å². The predicted octanol–water partition coefficient (Wildman–Crippen LogP) is 1.81. The summed E-state index contributed by atoms with van der Waals surface area (Å²) >= 11 is 0. The number of nitrogen functional groups attached to an aromatic ring is 2. The van der Waals surface area contributed by atoms with Gasteiger partial charge < -0.3 is 15.6 Å². The summed E-state index contributed by atoms with van der Waals surface area (Å²) in [5.41, 5.74) is 9.09. The highest BCUT2D eigenvalue weighted by Crippen LogP contribution is 2.31. The van der Waals surface area contributed by atoms with E-state index in [9.17, 15) is 4.79 Å². The van der Waals surface area contributed by atoms with Gasteiger partial charge in [-0.3, -0.25) is 5.84 Å². The SMILES string of the molecule is NNc1c(N)ccc2c1oc(=O)c1ccccc12. The maximum atomic E-state index is 11.9. The molecule has 0 spiro atoms. The van der Waals surface area contributed by atoms with Crippen molar-refractivity contribution in [3.05, 3.63) is 46.8 Å². The van der Waals surface area contributed by atoms with Crippen LogP contribution in [-0.2, 0) is 0 Å². The molecule has 0 atom stereocenters. The molecule has 0 aliphatic carbocycles. The average molecular weight is 241 g/mol. The fourth-order valence-electron chi connectivity index (χ4n) is 2.11. The van der Waals surface area contributed by atoms with Gasteiger partial charge in [0.2, 0.25) is 0 Å². The van der Waals surface area contributed by atoms with Gasteiger partial charge in [-0.2, -0.15) is 0 Å². The molecule has 0 saturated heterocycles. The summed E-state index contributed by atoms with van der Waals surface area (Å²) in [7, 11) is 0. The first-order valence-electron chi connectivity index (χ1n) is 5.43. The standard InChI is InChI=1S/C13H11N3O2/c14-10-6-5-8-7-3-1-2-4-9(7)13(17)18-12(8)11(10)16-15/h1-6,16H,14-15H2. The van der Waals surface area contributed by atoms with Crippen molar-refractivity contribution < 1.29 is 4.42 Å². The highest BCUT2D eigenvalue weighted by molar-refractivity contribution is 6.09. The van der Waals surface area contributed by atoms with Gasteiger partial charge in [0.15, 0.2) is 5.58 Å². The largest absolute Gasteiger partial charge is 0.420 e. The molecule has 5 N–H and O–H groups in total. The van der Waals surface area contributed by atoms with Gasteiger partial charge in [0.1, 0.15) is 5.69 Å². The van der Waals surface area contributed by atoms with E-state index in [0.29, 0.717) is 22.3 Å². The Balaban J connectivity index is 2.62. The maximum Gasteiger partial charge on any atom is 0.344 e. The molecule has 0 saturated carbocycles. The number of anilines is 2. The number of nitrogens with two attached hydrogens (primary N) is 2. The zero-order valence-corrected chi connectivity index (χ0v) is 9.44. The van der Waals surface area contributed by atoms with E-state index in [4.69, 9.17) is 16.0 Å². The lowest BCUT2D eigenvalue weighted by Crippen LogP contribution is -2.11. The van der Waals surface area contributed by atoms with E-state index in [-0.39, 0.29) is 0 Å². The van der Waals surface area contributed by atoms with Crippen LogP contribution >= 0.6 is 0 Å². The smallest absolute Gasteiger partial charge is 0.344 e. The van der Waals surface area contributed by atoms with E-state index in [1.54, 1.807) is 18.2 Å². The molecule has 18 heavy (non-hydrogen) atoms. The summed E-state index contributed by atoms with van der Waals surface area (Å²) in [5, 5.41) is 2.16. The Hall–Kier alpha value is -2.53. The Kier molecular flexibility index (Phi) is 2.21. The summed E-state index contributed by atoms with van der Waals surface area (Å²) in [4.78, 5) is 11.9. The normalized spacial score (nSPS) is 10.9. The minimum Gasteiger partial charge on any atom is -0.420 e. The van der Waals surface area contributed by atoms with Gasteiger partial charge in [0.25, 0.3) is 0 Å². The first-order valence-corrected chi connectivity index (χ1v) is 5.43. The molecule has 0 aliphatic rings. The first kappa shape index (κ1) is 10.6. The molecule has 0 bridgehead atoms. The Morgan fingerprint density at radius 1 is 1.00 bits per heavy atom. The van der Waals surface area contributed by atoms with Crippen molar-refractivity contribution in [2.24, 2.45) is 5.84 Å². The molecule has 0 unspecified atom stereocenters. The number of hydrogen-bond acceptors (Lipinski definition) is 5. The lowest BCUT2D eigenvalue weighted by atomic mass is 10.1. The van der Waals surface area contributed by atoms with Crippen LogP contribution in [0.1, 0.15) is 0 Å². The van der Waals surface area contributed by atoms with Crippen LogP contribution in [0.5, 0.6) is 0 Å². The number of hydrazine groups is 1. The van der Waals surface area contributed by atoms with Crippen LogP contribution in [0.4, 0.5) is 11.4 Å². The number of hydrogen-bond donors (Lipinski definition) is 3. The zero-order chi connectivity index (χ0) is 12.7. The molecule has 3 aromatic rings. The molecule has 0 amide bonds. The average Bonchev–Trinajstić information content (AvgIpc) is 2.39. The fourth-order valence-corrected chi connectivity index (χ4v) is 2.11. The molecule has 1 heterocycles. The van der Waals surface area contributed by atoms with Gasteiger partial charge in [0, 0.05) is 5.39 Å². The zero-order valence-electron chi connectivity index (χ0n) is 9.44. The van der Waals surface area contributed by atoms with Crippen LogP contribution in [0.2, 0.25) is 0 Å². The Morgan fingerprint density at radius 2 is 1.72 bits per heavy atom. The van der Waals surface area contributed by atoms with Crippen LogP contribution in [0.15, 0.2) is 45.6 Å². The van der Waals surface area contributed by atoms with Gasteiger partial charge in [-0.1, -0.05) is 18.2 Å². The van der Waals surface area contributed by atoms with Crippen LogP contribution in [0, 0.1) is 0 Å². The summed E-state index contributed by atoms with van der Waals surface area (Å²) < 4.78 is 5.30. The molecule has 3 rings (SSSR count). The molecular formula is C13H11N3O2. The number of nitrogens with one attached hydrogen (secondary N) is 1. The Morgan fingerprint density at radius 3 is 2.44 bits per heavy atom. The highest BCUT2D eigenvalue weighted by Gasteiger charge is 2.11. The minimum absolute atomic E-state index is 0.376. The molecule has 90 valence electrons. The van der Waals surface area contributed by atoms with E-state index in [1.807, 2.05) is 18.2 Å². The first-order chi connectivity index (χ1) is 8.72. The molecule has 5 nitrogen and oxygen atoms in total. The van der Waals surface area contributed by atoms with Crippen molar-refractivity contribution in [3.63, 3.8) is 0 Å². The van der Waals surface area contributed by atoms with E-state index < -0.39 is 5.63 Å². The summed E-state index contributed by atoms with van der Waals surface area (Å²) in [6.07, 6.45) is 0. The monoisotopic (exact) mass is 241 g/mol. The van der Waals surface area contributed by atoms with Crippen molar-refractivity contribution in [1.82, 2.24) is 0 Å². The molecule has 5 heteroatoms. The van der Waals surface area contributed by atoms with Gasteiger partial charge >= 0.3 is 5.63 Å². The molecule has 0 aliphatic heterocycles. The predicted molar refractivity (Wildman–Crippen MR) is 72.2 cm³/mol. The number of fused-ring (bicyclic) bond motifs is 3. The van der Waals surface area contributed by atoms with Crippen molar-refractivity contribution in [2.45, 2.75) is 0 Å². The van der Waals surface area contributed by atoms with E-state index in [2.05, 4.69) is 5.43 Å². The van der Waals surface area contributed by atoms with E-state index in [1.165, 1.54) is 0 Å². The lowest BCUT2D eigenvalue weighted by Gasteiger charge is -2.09. The van der Waals surface area contributed by atoms with Crippen molar-refractivity contribution in [2.75, 3.05) is 11.2 Å². The van der Waals surface area contributed by atoms with Crippen molar-refractivity contribution in [1.29, 1.82) is 0 Å². The third-order valence-corrected chi connectivity index (χ3v) is 2.97. The van der Waals surface area contributed by atoms with E-state index in [0.717, 1.165) is 10.8 Å². The third kappa shape index (κ3) is 1.34. The summed E-state index contributed by atoms with van der Waals surface area (Å²) in [5.74, 6) is 5.42.